The maximum absolute atomic E-state index is 11.5. The van der Waals surface area contributed by atoms with Crippen LogP contribution >= 0.6 is 0 Å². The second-order valence-electron chi connectivity index (χ2n) is 11.6. The highest BCUT2D eigenvalue weighted by Crippen LogP contribution is 2.69. The molecule has 0 heterocycles. The molecule has 5 fully saturated rings. The lowest BCUT2D eigenvalue weighted by molar-refractivity contribution is -0.193. The van der Waals surface area contributed by atoms with Crippen molar-refractivity contribution in [2.45, 2.75) is 57.8 Å². The summed E-state index contributed by atoms with van der Waals surface area (Å²) in [5.41, 5.74) is -9.68. The molecule has 17 heteroatoms. The third-order valence-electron chi connectivity index (χ3n) is 10.1. The van der Waals surface area contributed by atoms with Gasteiger partial charge in [0, 0.05) is 12.8 Å². The van der Waals surface area contributed by atoms with Gasteiger partial charge in [0.1, 0.15) is 5.78 Å². The Morgan fingerprint density at radius 3 is 0.953 bits per heavy atom. The van der Waals surface area contributed by atoms with Gasteiger partial charge in [0.05, 0.1) is 22.7 Å². The minimum atomic E-state index is -2.80. The van der Waals surface area contributed by atoms with E-state index in [0.717, 1.165) is 19.3 Å². The number of hydrogen-bond donors (Lipinski definition) is 8. The van der Waals surface area contributed by atoms with E-state index in [9.17, 15) is 73.8 Å². The van der Waals surface area contributed by atoms with Crippen LogP contribution in [0.15, 0.2) is 0 Å². The summed E-state index contributed by atoms with van der Waals surface area (Å²) < 4.78 is 0. The molecule has 0 spiro atoms. The molecule has 5 aliphatic carbocycles. The molecule has 6 atom stereocenters. The van der Waals surface area contributed by atoms with Gasteiger partial charge in [-0.15, -0.1) is 0 Å². The zero-order valence-electron chi connectivity index (χ0n) is 22.4. The van der Waals surface area contributed by atoms with Crippen LogP contribution in [0, 0.1) is 45.3 Å². The van der Waals surface area contributed by atoms with Crippen LogP contribution < -0.4 is 0 Å². The van der Waals surface area contributed by atoms with E-state index in [2.05, 4.69) is 0 Å². The zero-order valence-corrected chi connectivity index (χ0v) is 22.4. The molecule has 5 rings (SSSR count). The Kier molecular flexibility index (Phi) is 8.37. The second kappa shape index (κ2) is 10.9. The normalized spacial score (nSPS) is 33.4. The van der Waals surface area contributed by atoms with E-state index in [4.69, 9.17) is 10.2 Å². The zero-order chi connectivity index (χ0) is 32.9. The van der Waals surface area contributed by atoms with Crippen molar-refractivity contribution in [3.63, 3.8) is 0 Å². The molecule has 236 valence electrons. The van der Waals surface area contributed by atoms with Crippen molar-refractivity contribution in [1.82, 2.24) is 0 Å². The average Bonchev–Trinajstić information content (AvgIpc) is 3.64. The van der Waals surface area contributed by atoms with Gasteiger partial charge in [-0.05, 0) is 56.8 Å². The molecule has 0 aromatic heterocycles. The Hall–Kier alpha value is -4.57. The SMILES string of the molecule is O=C(O)C1C2CCC(C(=O)O)(C2)C1(C(=O)O)C(=O)O.O=C(O)C1C2CCC(C(=O)O)(C2)C1(C(=O)O)C(=O)O.O=C1CCC1. The Morgan fingerprint density at radius 2 is 0.791 bits per heavy atom. The third-order valence-corrected chi connectivity index (χ3v) is 10.1. The molecule has 0 aromatic carbocycles. The third kappa shape index (κ3) is 4.23. The first-order valence-corrected chi connectivity index (χ1v) is 13.2. The van der Waals surface area contributed by atoms with Crippen molar-refractivity contribution in [2.24, 2.45) is 45.3 Å². The number of rotatable bonds is 8. The quantitative estimate of drug-likeness (QED) is 0.169. The van der Waals surface area contributed by atoms with Crippen LogP contribution in [0.25, 0.3) is 0 Å². The number of carboxylic acid groups (broad SMARTS) is 8. The van der Waals surface area contributed by atoms with Gasteiger partial charge in [-0.3, -0.25) is 43.2 Å². The standard InChI is InChI=1S/2C11H12O8.C4H6O/c2*12-6(13)5-4-1-2-10(3-4,7(14)15)11(5,8(16)17)9(18)19;5-4-2-1-3-4/h2*4-5H,1-3H2,(H,12,13)(H,14,15)(H,16,17)(H,18,19);1-3H2. The van der Waals surface area contributed by atoms with Crippen LogP contribution in [-0.4, -0.2) is 94.4 Å². The fourth-order valence-electron chi connectivity index (χ4n) is 8.11. The lowest BCUT2D eigenvalue weighted by atomic mass is 9.58. The summed E-state index contributed by atoms with van der Waals surface area (Å²) >= 11 is 0. The maximum Gasteiger partial charge on any atom is 0.323 e. The smallest absolute Gasteiger partial charge is 0.323 e. The Balaban J connectivity index is 0.000000202. The highest BCUT2D eigenvalue weighted by Gasteiger charge is 2.81. The van der Waals surface area contributed by atoms with E-state index < -0.39 is 93.1 Å². The number of aliphatic carboxylic acids is 8. The molecular weight excluding hydrogens is 584 g/mol. The lowest BCUT2D eigenvalue weighted by Gasteiger charge is -2.40. The van der Waals surface area contributed by atoms with Crippen LogP contribution in [0.2, 0.25) is 0 Å². The van der Waals surface area contributed by atoms with E-state index in [1.54, 1.807) is 0 Å². The van der Waals surface area contributed by atoms with Gasteiger partial charge in [-0.25, -0.2) is 0 Å². The minimum absolute atomic E-state index is 0.130. The van der Waals surface area contributed by atoms with Gasteiger partial charge < -0.3 is 40.9 Å². The fraction of sp³-hybridized carbons (Fsp3) is 0.654. The van der Waals surface area contributed by atoms with Crippen LogP contribution in [0.5, 0.6) is 0 Å². The molecule has 5 aliphatic rings. The molecule has 0 aromatic rings. The lowest BCUT2D eigenvalue weighted by Crippen LogP contribution is -2.59. The van der Waals surface area contributed by atoms with E-state index in [1.807, 2.05) is 0 Å². The van der Waals surface area contributed by atoms with E-state index >= 15 is 0 Å². The van der Waals surface area contributed by atoms with Crippen molar-refractivity contribution >= 4 is 53.5 Å². The molecule has 5 saturated carbocycles. The predicted octanol–water partition coefficient (Wildman–Crippen LogP) is 0.194. The van der Waals surface area contributed by atoms with Crippen LogP contribution in [0.1, 0.15) is 57.8 Å². The minimum Gasteiger partial charge on any atom is -0.481 e. The predicted molar refractivity (Wildman–Crippen MR) is 131 cm³/mol. The first-order chi connectivity index (χ1) is 19.8. The molecule has 0 saturated heterocycles. The van der Waals surface area contributed by atoms with Gasteiger partial charge >= 0.3 is 47.8 Å². The molecule has 0 radical (unpaired) electrons. The summed E-state index contributed by atoms with van der Waals surface area (Å²) in [6.07, 6.45) is 2.55. The first-order valence-electron chi connectivity index (χ1n) is 13.2. The van der Waals surface area contributed by atoms with Crippen molar-refractivity contribution in [3.05, 3.63) is 0 Å². The molecule has 43 heavy (non-hydrogen) atoms. The fourth-order valence-corrected chi connectivity index (χ4v) is 8.11. The van der Waals surface area contributed by atoms with Crippen LogP contribution in [0.3, 0.4) is 0 Å². The molecule has 0 amide bonds. The van der Waals surface area contributed by atoms with Crippen molar-refractivity contribution in [3.8, 4) is 0 Å². The highest BCUT2D eigenvalue weighted by atomic mass is 16.4. The molecule has 4 bridgehead atoms. The number of hydrogen-bond acceptors (Lipinski definition) is 9. The Morgan fingerprint density at radius 1 is 0.512 bits per heavy atom. The summed E-state index contributed by atoms with van der Waals surface area (Å²) in [5.74, 6) is -18.3. The summed E-state index contributed by atoms with van der Waals surface area (Å²) in [5, 5.41) is 74.0. The van der Waals surface area contributed by atoms with Gasteiger partial charge in [0.15, 0.2) is 10.8 Å². The number of carbonyl (C=O) groups is 9. The monoisotopic (exact) mass is 614 g/mol. The molecule has 6 unspecified atom stereocenters. The van der Waals surface area contributed by atoms with Gasteiger partial charge in [-0.2, -0.15) is 0 Å². The summed E-state index contributed by atoms with van der Waals surface area (Å²) in [4.78, 5) is 101. The average molecular weight is 615 g/mol. The second-order valence-corrected chi connectivity index (χ2v) is 11.6. The largest absolute Gasteiger partial charge is 0.481 e. The van der Waals surface area contributed by atoms with Gasteiger partial charge in [-0.1, -0.05) is 0 Å². The molecule has 17 nitrogen and oxygen atoms in total. The molecule has 0 aliphatic heterocycles. The number of carboxylic acids is 8. The van der Waals surface area contributed by atoms with Crippen molar-refractivity contribution in [1.29, 1.82) is 0 Å². The number of fused-ring (bicyclic) bond motifs is 4. The van der Waals surface area contributed by atoms with Crippen LogP contribution in [0.4, 0.5) is 0 Å². The Labute approximate surface area is 241 Å². The number of carbonyl (C=O) groups excluding carboxylic acids is 1. The van der Waals surface area contributed by atoms with E-state index in [-0.39, 0.29) is 38.5 Å². The number of ketones is 1. The van der Waals surface area contributed by atoms with Gasteiger partial charge in [0.2, 0.25) is 0 Å². The summed E-state index contributed by atoms with van der Waals surface area (Å²) in [6.45, 7) is 0. The van der Waals surface area contributed by atoms with Crippen LogP contribution in [-0.2, 0) is 43.2 Å². The van der Waals surface area contributed by atoms with Crippen molar-refractivity contribution < 1.29 is 84.0 Å². The molecular formula is C26H30O17. The Bertz CT molecular complexity index is 1190. The molecule has 8 N–H and O–H groups in total. The number of Topliss-reactive ketones (excluding diaryl/α,β-unsaturated/α-hetero) is 1. The topological polar surface area (TPSA) is 315 Å². The van der Waals surface area contributed by atoms with E-state index in [1.165, 1.54) is 0 Å². The van der Waals surface area contributed by atoms with Gasteiger partial charge in [0.25, 0.3) is 0 Å². The van der Waals surface area contributed by atoms with Crippen molar-refractivity contribution in [2.75, 3.05) is 0 Å². The summed E-state index contributed by atoms with van der Waals surface area (Å²) in [6, 6.07) is 0. The summed E-state index contributed by atoms with van der Waals surface area (Å²) in [7, 11) is 0. The highest BCUT2D eigenvalue weighted by molar-refractivity contribution is 6.09. The maximum atomic E-state index is 11.5. The van der Waals surface area contributed by atoms with E-state index in [0.29, 0.717) is 5.78 Å². The first kappa shape index (κ1) is 32.9.